The Morgan fingerprint density at radius 2 is 1.83 bits per heavy atom. The van der Waals surface area contributed by atoms with Crippen molar-refractivity contribution < 1.29 is 14.4 Å². The fraction of sp³-hybridized carbons (Fsp3) is 0.290. The molecule has 0 radical (unpaired) electrons. The number of Topliss-reactive ketones (excluding diaryl/α,β-unsaturated/α-hetero) is 1. The summed E-state index contributed by atoms with van der Waals surface area (Å²) in [5, 5.41) is 7.68. The van der Waals surface area contributed by atoms with E-state index in [-0.39, 0.29) is 5.78 Å². The van der Waals surface area contributed by atoms with Gasteiger partial charge in [0.25, 0.3) is 5.91 Å². The first-order chi connectivity index (χ1) is 19.9. The topological polar surface area (TPSA) is 117 Å². The highest BCUT2D eigenvalue weighted by molar-refractivity contribution is 7.17. The molecule has 1 aliphatic rings. The summed E-state index contributed by atoms with van der Waals surface area (Å²) in [5.41, 5.74) is 9.65. The number of urea groups is 1. The smallest absolute Gasteiger partial charge is 0.324 e. The van der Waals surface area contributed by atoms with Crippen molar-refractivity contribution in [3.8, 4) is 0 Å². The molecule has 2 aromatic heterocycles. The molecule has 41 heavy (non-hydrogen) atoms. The van der Waals surface area contributed by atoms with Gasteiger partial charge in [0.05, 0.1) is 11.1 Å². The number of anilines is 2. The number of carbonyl (C=O) groups is 3. The molecule has 0 bridgehead atoms. The van der Waals surface area contributed by atoms with Crippen molar-refractivity contribution in [1.29, 1.82) is 0 Å². The van der Waals surface area contributed by atoms with Gasteiger partial charge in [-0.15, -0.1) is 11.3 Å². The van der Waals surface area contributed by atoms with Crippen LogP contribution in [0, 0.1) is 0 Å². The first-order valence-corrected chi connectivity index (χ1v) is 14.9. The Hall–Kier alpha value is -3.79. The fourth-order valence-electron chi connectivity index (χ4n) is 5.11. The Morgan fingerprint density at radius 3 is 2.63 bits per heavy atom. The number of amides is 3. The molecule has 0 aliphatic carbocycles. The number of nitrogens with zero attached hydrogens (tertiary/aromatic N) is 2. The Kier molecular flexibility index (Phi) is 9.28. The lowest BCUT2D eigenvalue weighted by molar-refractivity contribution is -0.119. The third-order valence-electron chi connectivity index (χ3n) is 7.23. The van der Waals surface area contributed by atoms with Gasteiger partial charge in [-0.05, 0) is 79.8 Å². The van der Waals surface area contributed by atoms with Gasteiger partial charge < -0.3 is 11.1 Å². The second kappa shape index (κ2) is 13.2. The van der Waals surface area contributed by atoms with Gasteiger partial charge in [0.15, 0.2) is 0 Å². The second-order valence-corrected chi connectivity index (χ2v) is 11.8. The van der Waals surface area contributed by atoms with Gasteiger partial charge in [-0.3, -0.25) is 24.8 Å². The van der Waals surface area contributed by atoms with Gasteiger partial charge in [0.2, 0.25) is 0 Å². The summed E-state index contributed by atoms with van der Waals surface area (Å²) in [4.78, 5) is 45.2. The minimum atomic E-state index is -0.546. The maximum absolute atomic E-state index is 12.6. The summed E-state index contributed by atoms with van der Waals surface area (Å²) in [6, 6.07) is 16.4. The van der Waals surface area contributed by atoms with Gasteiger partial charge in [0, 0.05) is 53.1 Å². The van der Waals surface area contributed by atoms with Crippen molar-refractivity contribution in [2.75, 3.05) is 23.7 Å². The monoisotopic (exact) mass is 589 g/mol. The van der Waals surface area contributed by atoms with Crippen LogP contribution in [0.15, 0.2) is 60.8 Å². The first kappa shape index (κ1) is 28.7. The molecule has 0 saturated heterocycles. The molecule has 3 amide bonds. The maximum Gasteiger partial charge on any atom is 0.324 e. The number of fused-ring (bicyclic) bond motifs is 2. The van der Waals surface area contributed by atoms with Crippen molar-refractivity contribution in [2.24, 2.45) is 5.73 Å². The Balaban J connectivity index is 1.08. The predicted molar refractivity (Wildman–Crippen MR) is 165 cm³/mol. The molecule has 4 aromatic rings. The van der Waals surface area contributed by atoms with Crippen LogP contribution in [0.1, 0.15) is 52.0 Å². The number of primary amides is 1. The first-order valence-electron chi connectivity index (χ1n) is 13.7. The molecule has 10 heteroatoms. The van der Waals surface area contributed by atoms with E-state index in [2.05, 4.69) is 26.6 Å². The Bertz CT molecular complexity index is 1570. The molecule has 0 saturated carbocycles. The Morgan fingerprint density at radius 1 is 1.02 bits per heavy atom. The summed E-state index contributed by atoms with van der Waals surface area (Å²) in [5.74, 6) is -0.272. The number of benzene rings is 2. The molecule has 2 aromatic carbocycles. The molecule has 0 spiro atoms. The van der Waals surface area contributed by atoms with Crippen LogP contribution in [0.4, 0.5) is 15.5 Å². The number of nitrogens with two attached hydrogens (primary N) is 1. The summed E-state index contributed by atoms with van der Waals surface area (Å²) in [6.07, 6.45) is 6.11. The van der Waals surface area contributed by atoms with Crippen molar-refractivity contribution in [3.63, 3.8) is 0 Å². The van der Waals surface area contributed by atoms with Crippen molar-refractivity contribution in [3.05, 3.63) is 87.4 Å². The normalized spacial score (nSPS) is 13.1. The third-order valence-corrected chi connectivity index (χ3v) is 8.62. The van der Waals surface area contributed by atoms with Crippen molar-refractivity contribution in [2.45, 2.75) is 45.1 Å². The van der Waals surface area contributed by atoms with Crippen LogP contribution in [-0.2, 0) is 24.2 Å². The van der Waals surface area contributed by atoms with E-state index in [0.717, 1.165) is 52.8 Å². The highest BCUT2D eigenvalue weighted by Crippen LogP contribution is 2.37. The molecule has 3 heterocycles. The van der Waals surface area contributed by atoms with Crippen LogP contribution < -0.4 is 16.4 Å². The van der Waals surface area contributed by atoms with E-state index >= 15 is 0 Å². The second-order valence-electron chi connectivity index (χ2n) is 10.2. The summed E-state index contributed by atoms with van der Waals surface area (Å²) in [7, 11) is 0. The molecule has 8 nitrogen and oxygen atoms in total. The van der Waals surface area contributed by atoms with Crippen LogP contribution in [-0.4, -0.2) is 40.7 Å². The Labute approximate surface area is 247 Å². The predicted octanol–water partition coefficient (Wildman–Crippen LogP) is 6.42. The zero-order valence-corrected chi connectivity index (χ0v) is 24.2. The number of halogens is 1. The minimum absolute atomic E-state index is 0.274. The number of ketones is 1. The van der Waals surface area contributed by atoms with Gasteiger partial charge in [0.1, 0.15) is 10.8 Å². The van der Waals surface area contributed by atoms with Crippen LogP contribution in [0.3, 0.4) is 0 Å². The zero-order valence-electron chi connectivity index (χ0n) is 22.6. The van der Waals surface area contributed by atoms with Crippen LogP contribution in [0.2, 0.25) is 5.02 Å². The molecular weight excluding hydrogens is 558 g/mol. The van der Waals surface area contributed by atoms with E-state index in [4.69, 9.17) is 17.3 Å². The lowest BCUT2D eigenvalue weighted by Crippen LogP contribution is -2.31. The van der Waals surface area contributed by atoms with Gasteiger partial charge in [-0.25, -0.2) is 4.79 Å². The molecule has 212 valence electrons. The third kappa shape index (κ3) is 7.49. The average molecular weight is 590 g/mol. The molecule has 1 aliphatic heterocycles. The van der Waals surface area contributed by atoms with E-state index < -0.39 is 11.9 Å². The molecular formula is C31H32ClN5O3S. The lowest BCUT2D eigenvalue weighted by atomic mass is 10.0. The number of thiophene rings is 1. The summed E-state index contributed by atoms with van der Waals surface area (Å²) >= 11 is 7.30. The van der Waals surface area contributed by atoms with Gasteiger partial charge >= 0.3 is 6.03 Å². The highest BCUT2D eigenvalue weighted by Gasteiger charge is 2.27. The lowest BCUT2D eigenvalue weighted by Gasteiger charge is -2.26. The minimum Gasteiger partial charge on any atom is -0.365 e. The number of rotatable bonds is 11. The molecule has 0 atom stereocenters. The number of carbonyl (C=O) groups excluding carboxylic acids is 3. The zero-order chi connectivity index (χ0) is 28.8. The number of pyridine rings is 1. The number of hydrogen-bond acceptors (Lipinski definition) is 6. The van der Waals surface area contributed by atoms with E-state index in [1.54, 1.807) is 24.3 Å². The van der Waals surface area contributed by atoms with E-state index in [9.17, 15) is 14.4 Å². The molecule has 5 rings (SSSR count). The summed E-state index contributed by atoms with van der Waals surface area (Å²) < 4.78 is 0. The summed E-state index contributed by atoms with van der Waals surface area (Å²) in [6.45, 7) is 2.35. The van der Waals surface area contributed by atoms with Gasteiger partial charge in [-0.1, -0.05) is 29.8 Å². The maximum atomic E-state index is 12.6. The molecule has 0 unspecified atom stereocenters. The number of para-hydroxylation sites is 1. The van der Waals surface area contributed by atoms with Crippen LogP contribution >= 0.6 is 22.9 Å². The number of nitrogens with one attached hydrogen (secondary N) is 2. The largest absolute Gasteiger partial charge is 0.365 e. The molecule has 0 fully saturated rings. The van der Waals surface area contributed by atoms with Crippen molar-refractivity contribution in [1.82, 2.24) is 9.88 Å². The fourth-order valence-corrected chi connectivity index (χ4v) is 6.53. The highest BCUT2D eigenvalue weighted by atomic mass is 35.5. The van der Waals surface area contributed by atoms with Crippen LogP contribution in [0.25, 0.3) is 10.9 Å². The number of aromatic nitrogens is 1. The SMILES string of the molecule is NC(=O)c1c(NC(=O)Nc2ccc(Cl)cc2)sc2c1CCN(CCCCC(=O)CCc1cnc3ccccc3c1)C2. The standard InChI is InChI=1S/C31H32ClN5O3S/c32-22-9-11-23(12-10-22)35-31(40)36-30-28(29(33)39)25-14-16-37(19-27(25)41-30)15-4-3-6-24(38)13-8-20-17-21-5-1-2-7-26(21)34-18-20/h1-2,5,7,9-12,17-18H,3-4,6,8,13-16,19H2,(H2,33,39)(H2,35,36,40). The number of aryl methyl sites for hydroxylation is 1. The van der Waals surface area contributed by atoms with Crippen molar-refractivity contribution >= 4 is 62.3 Å². The average Bonchev–Trinajstić information content (AvgIpc) is 3.32. The number of unbranched alkanes of at least 4 members (excludes halogenated alkanes) is 1. The van der Waals surface area contributed by atoms with E-state index in [0.29, 0.717) is 53.5 Å². The van der Waals surface area contributed by atoms with Crippen LogP contribution in [0.5, 0.6) is 0 Å². The quantitative estimate of drug-likeness (QED) is 0.174. The number of hydrogen-bond donors (Lipinski definition) is 3. The molecule has 4 N–H and O–H groups in total. The van der Waals surface area contributed by atoms with Gasteiger partial charge in [-0.2, -0.15) is 0 Å². The van der Waals surface area contributed by atoms with E-state index in [1.807, 2.05) is 30.5 Å². The van der Waals surface area contributed by atoms with E-state index in [1.165, 1.54) is 11.3 Å².